The molecule has 0 N–H and O–H groups in total. The number of aromatic nitrogens is 5. The number of piperidine rings is 1. The van der Waals surface area contributed by atoms with Gasteiger partial charge in [-0.1, -0.05) is 0 Å². The Morgan fingerprint density at radius 1 is 1.12 bits per heavy atom. The van der Waals surface area contributed by atoms with Gasteiger partial charge in [0.15, 0.2) is 5.82 Å². The lowest BCUT2D eigenvalue weighted by atomic mass is 9.97. The van der Waals surface area contributed by atoms with Crippen LogP contribution in [0.4, 0.5) is 0 Å². The van der Waals surface area contributed by atoms with E-state index in [1.54, 1.807) is 6.20 Å². The van der Waals surface area contributed by atoms with E-state index in [4.69, 9.17) is 4.74 Å². The summed E-state index contributed by atoms with van der Waals surface area (Å²) in [5.74, 6) is 2.55. The Bertz CT molecular complexity index is 678. The maximum absolute atomic E-state index is 5.44. The van der Waals surface area contributed by atoms with Crippen LogP contribution in [0.25, 0.3) is 0 Å². The van der Waals surface area contributed by atoms with Crippen molar-refractivity contribution in [3.8, 4) is 0 Å². The summed E-state index contributed by atoms with van der Waals surface area (Å²) in [6.45, 7) is 9.10. The summed E-state index contributed by atoms with van der Waals surface area (Å²) >= 11 is 0. The normalized spacial score (nSPS) is 22.7. The molecule has 0 aliphatic carbocycles. The van der Waals surface area contributed by atoms with E-state index in [0.717, 1.165) is 57.6 Å². The second-order valence-corrected chi connectivity index (χ2v) is 7.33. The van der Waals surface area contributed by atoms with Gasteiger partial charge in [-0.05, 0) is 25.5 Å². The van der Waals surface area contributed by atoms with Crippen molar-refractivity contribution in [1.82, 2.24) is 34.3 Å². The van der Waals surface area contributed by atoms with E-state index < -0.39 is 0 Å². The molecule has 1 atom stereocenters. The van der Waals surface area contributed by atoms with Gasteiger partial charge >= 0.3 is 0 Å². The molecule has 0 saturated carbocycles. The van der Waals surface area contributed by atoms with Gasteiger partial charge < -0.3 is 14.2 Å². The van der Waals surface area contributed by atoms with Gasteiger partial charge in [-0.2, -0.15) is 5.10 Å². The highest BCUT2D eigenvalue weighted by molar-refractivity contribution is 5.04. The van der Waals surface area contributed by atoms with Crippen molar-refractivity contribution >= 4 is 0 Å². The van der Waals surface area contributed by atoms with Crippen molar-refractivity contribution in [2.45, 2.75) is 25.3 Å². The van der Waals surface area contributed by atoms with E-state index in [9.17, 15) is 0 Å². The van der Waals surface area contributed by atoms with E-state index in [-0.39, 0.29) is 0 Å². The minimum atomic E-state index is 0.470. The van der Waals surface area contributed by atoms with Gasteiger partial charge in [0.05, 0.1) is 13.2 Å². The van der Waals surface area contributed by atoms with Gasteiger partial charge in [0, 0.05) is 58.1 Å². The molecule has 2 fully saturated rings. The summed E-state index contributed by atoms with van der Waals surface area (Å²) < 4.78 is 9.50. The molecular weight excluding hydrogens is 330 g/mol. The zero-order valence-electron chi connectivity index (χ0n) is 15.6. The lowest BCUT2D eigenvalue weighted by Crippen LogP contribution is -2.44. The van der Waals surface area contributed by atoms with Gasteiger partial charge in [0.25, 0.3) is 0 Å². The Hall–Kier alpha value is -1.77. The monoisotopic (exact) mass is 359 g/mol. The molecule has 2 aliphatic heterocycles. The lowest BCUT2D eigenvalue weighted by molar-refractivity contribution is 0.0318. The predicted molar refractivity (Wildman–Crippen MR) is 98.0 cm³/mol. The van der Waals surface area contributed by atoms with E-state index >= 15 is 0 Å². The highest BCUT2D eigenvalue weighted by atomic mass is 16.5. The molecule has 0 radical (unpaired) electrons. The fourth-order valence-electron chi connectivity index (χ4n) is 3.98. The van der Waals surface area contributed by atoms with Crippen LogP contribution >= 0.6 is 0 Å². The summed E-state index contributed by atoms with van der Waals surface area (Å²) in [6, 6.07) is 1.94. The van der Waals surface area contributed by atoms with E-state index in [0.29, 0.717) is 12.5 Å². The average Bonchev–Trinajstić information content (AvgIpc) is 3.32. The Morgan fingerprint density at radius 3 is 2.77 bits per heavy atom. The van der Waals surface area contributed by atoms with Crippen molar-refractivity contribution in [1.29, 1.82) is 0 Å². The molecule has 4 heterocycles. The molecule has 0 aromatic carbocycles. The smallest absolute Gasteiger partial charge is 0.154 e. The number of hydrogen-bond acceptors (Lipinski definition) is 6. The van der Waals surface area contributed by atoms with Crippen LogP contribution in [0.5, 0.6) is 0 Å². The summed E-state index contributed by atoms with van der Waals surface area (Å²) in [5, 5.41) is 13.2. The second-order valence-electron chi connectivity index (χ2n) is 7.33. The molecule has 26 heavy (non-hydrogen) atoms. The third-order valence-electron chi connectivity index (χ3n) is 5.57. The van der Waals surface area contributed by atoms with Crippen LogP contribution in [0.3, 0.4) is 0 Å². The molecule has 4 rings (SSSR count). The minimum absolute atomic E-state index is 0.470. The molecule has 2 aromatic heterocycles. The van der Waals surface area contributed by atoms with Gasteiger partial charge in [0.2, 0.25) is 0 Å². The van der Waals surface area contributed by atoms with Crippen LogP contribution in [0.1, 0.15) is 30.4 Å². The minimum Gasteiger partial charge on any atom is -0.379 e. The Labute approximate surface area is 154 Å². The summed E-state index contributed by atoms with van der Waals surface area (Å²) in [4.78, 5) is 5.10. The number of hydrogen-bond donors (Lipinski definition) is 0. The summed E-state index contributed by atoms with van der Waals surface area (Å²) in [6.07, 6.45) is 6.18. The van der Waals surface area contributed by atoms with Crippen LogP contribution in [0, 0.1) is 0 Å². The van der Waals surface area contributed by atoms with Crippen molar-refractivity contribution < 1.29 is 4.74 Å². The third-order valence-corrected chi connectivity index (χ3v) is 5.57. The van der Waals surface area contributed by atoms with Crippen LogP contribution in [0.15, 0.2) is 18.5 Å². The molecule has 142 valence electrons. The zero-order valence-corrected chi connectivity index (χ0v) is 15.6. The maximum atomic E-state index is 5.44. The Balaban J connectivity index is 1.34. The predicted octanol–water partition coefficient (Wildman–Crippen LogP) is 0.572. The maximum Gasteiger partial charge on any atom is 0.154 e. The van der Waals surface area contributed by atoms with Gasteiger partial charge in [-0.25, -0.2) is 0 Å². The fraction of sp³-hybridized carbons (Fsp3) is 0.722. The number of morpholine rings is 1. The molecular formula is C18H29N7O. The largest absolute Gasteiger partial charge is 0.379 e. The van der Waals surface area contributed by atoms with E-state index in [1.165, 1.54) is 19.4 Å². The molecule has 8 nitrogen and oxygen atoms in total. The molecule has 0 unspecified atom stereocenters. The molecule has 0 bridgehead atoms. The van der Waals surface area contributed by atoms with Crippen molar-refractivity contribution in [3.05, 3.63) is 30.1 Å². The van der Waals surface area contributed by atoms with Crippen LogP contribution in [-0.2, 0) is 18.3 Å². The first-order valence-corrected chi connectivity index (χ1v) is 9.67. The fourth-order valence-corrected chi connectivity index (χ4v) is 3.98. The number of rotatable bonds is 6. The summed E-state index contributed by atoms with van der Waals surface area (Å²) in [7, 11) is 2.08. The summed E-state index contributed by atoms with van der Waals surface area (Å²) in [5.41, 5.74) is 0. The SMILES string of the molecule is Cn1c(Cn2cccn2)nnc1[C@H]1CCCN(CCN2CCOCC2)C1. The van der Waals surface area contributed by atoms with Gasteiger partial charge in [0.1, 0.15) is 12.4 Å². The highest BCUT2D eigenvalue weighted by Crippen LogP contribution is 2.25. The first-order valence-electron chi connectivity index (χ1n) is 9.67. The molecule has 0 amide bonds. The Morgan fingerprint density at radius 2 is 1.96 bits per heavy atom. The van der Waals surface area contributed by atoms with Crippen molar-refractivity contribution in [2.75, 3.05) is 52.5 Å². The zero-order chi connectivity index (χ0) is 17.8. The standard InChI is InChI=1S/C18H29N7O/c1-22-17(15-25-7-3-5-19-25)20-21-18(22)16-4-2-6-24(14-16)9-8-23-10-12-26-13-11-23/h3,5,7,16H,2,4,6,8-15H2,1H3/t16-/m0/s1. The van der Waals surface area contributed by atoms with Crippen molar-refractivity contribution in [2.24, 2.45) is 7.05 Å². The molecule has 2 saturated heterocycles. The first kappa shape index (κ1) is 17.6. The number of nitrogens with zero attached hydrogens (tertiary/aromatic N) is 7. The highest BCUT2D eigenvalue weighted by Gasteiger charge is 2.26. The Kier molecular flexibility index (Phi) is 5.62. The van der Waals surface area contributed by atoms with E-state index in [2.05, 4.69) is 36.7 Å². The van der Waals surface area contributed by atoms with Crippen molar-refractivity contribution in [3.63, 3.8) is 0 Å². The topological polar surface area (TPSA) is 64.2 Å². The molecule has 2 aromatic rings. The quantitative estimate of drug-likeness (QED) is 0.751. The lowest BCUT2D eigenvalue weighted by Gasteiger charge is -2.34. The third kappa shape index (κ3) is 4.13. The van der Waals surface area contributed by atoms with Gasteiger partial charge in [-0.15, -0.1) is 10.2 Å². The molecule has 0 spiro atoms. The van der Waals surface area contributed by atoms with Crippen LogP contribution in [0.2, 0.25) is 0 Å². The number of ether oxygens (including phenoxy) is 1. The molecule has 8 heteroatoms. The average molecular weight is 359 g/mol. The number of likely N-dealkylation sites (tertiary alicyclic amines) is 1. The van der Waals surface area contributed by atoms with Crippen LogP contribution < -0.4 is 0 Å². The molecule has 2 aliphatic rings. The van der Waals surface area contributed by atoms with Crippen LogP contribution in [-0.4, -0.2) is 86.8 Å². The second kappa shape index (κ2) is 8.28. The first-order chi connectivity index (χ1) is 12.8. The van der Waals surface area contributed by atoms with Gasteiger partial charge in [-0.3, -0.25) is 9.58 Å². The van der Waals surface area contributed by atoms with E-state index in [1.807, 2.05) is 16.9 Å².